The molecule has 3 N–H and O–H groups in total. The molecule has 1 aliphatic heterocycles. The van der Waals surface area contributed by atoms with E-state index in [1.54, 1.807) is 25.3 Å². The van der Waals surface area contributed by atoms with E-state index in [4.69, 9.17) is 5.11 Å². The van der Waals surface area contributed by atoms with Gasteiger partial charge >= 0.3 is 5.97 Å². The molecule has 0 aliphatic carbocycles. The van der Waals surface area contributed by atoms with Gasteiger partial charge in [-0.3, -0.25) is 9.69 Å². The minimum Gasteiger partial charge on any atom is -0.508 e. The van der Waals surface area contributed by atoms with E-state index in [9.17, 15) is 19.8 Å². The number of phenolic OH excluding ortho intramolecular Hbond substituents is 1. The smallest absolute Gasteiger partial charge is 0.339 e. The molecular formula is C18H14N2O5S. The maximum absolute atomic E-state index is 12.4. The molecule has 2 aromatic rings. The van der Waals surface area contributed by atoms with Gasteiger partial charge in [-0.15, -0.1) is 0 Å². The molecule has 0 radical (unpaired) electrons. The molecule has 0 spiro atoms. The second-order valence-electron chi connectivity index (χ2n) is 5.47. The Labute approximate surface area is 152 Å². The fourth-order valence-electron chi connectivity index (χ4n) is 2.25. The first-order chi connectivity index (χ1) is 12.3. The SMILES string of the molecule is CN1C(=O)/C(=C/c2ccc(O)cc2)SC1=Nc1ccc(C(=O)O)c(O)c1. The molecule has 0 bridgehead atoms. The second kappa shape index (κ2) is 6.93. The Morgan fingerprint density at radius 2 is 1.85 bits per heavy atom. The molecule has 0 atom stereocenters. The van der Waals surface area contributed by atoms with Crippen LogP contribution in [-0.2, 0) is 4.79 Å². The number of carboxylic acid groups (broad SMARTS) is 1. The number of likely N-dealkylation sites (N-methyl/N-ethyl adjacent to an activating group) is 1. The average molecular weight is 370 g/mol. The largest absolute Gasteiger partial charge is 0.508 e. The van der Waals surface area contributed by atoms with Crippen LogP contribution in [-0.4, -0.2) is 44.3 Å². The summed E-state index contributed by atoms with van der Waals surface area (Å²) in [5, 5.41) is 28.4. The van der Waals surface area contributed by atoms with Gasteiger partial charge < -0.3 is 15.3 Å². The summed E-state index contributed by atoms with van der Waals surface area (Å²) in [5.41, 5.74) is 0.877. The molecule has 1 aliphatic rings. The Balaban J connectivity index is 1.88. The highest BCUT2D eigenvalue weighted by Gasteiger charge is 2.30. The number of nitrogens with zero attached hydrogens (tertiary/aromatic N) is 2. The number of hydrogen-bond acceptors (Lipinski definition) is 6. The molecule has 132 valence electrons. The number of aromatic carboxylic acids is 1. The zero-order valence-electron chi connectivity index (χ0n) is 13.6. The van der Waals surface area contributed by atoms with Gasteiger partial charge in [-0.2, -0.15) is 0 Å². The lowest BCUT2D eigenvalue weighted by Gasteiger charge is -2.07. The van der Waals surface area contributed by atoms with Crippen molar-refractivity contribution in [3.8, 4) is 11.5 Å². The van der Waals surface area contributed by atoms with Crippen molar-refractivity contribution in [2.75, 3.05) is 7.05 Å². The van der Waals surface area contributed by atoms with Gasteiger partial charge in [0.05, 0.1) is 10.6 Å². The summed E-state index contributed by atoms with van der Waals surface area (Å²) in [4.78, 5) is 29.4. The van der Waals surface area contributed by atoms with Crippen LogP contribution in [0.4, 0.5) is 5.69 Å². The van der Waals surface area contributed by atoms with Gasteiger partial charge in [-0.25, -0.2) is 9.79 Å². The van der Waals surface area contributed by atoms with Gasteiger partial charge in [0.2, 0.25) is 0 Å². The number of rotatable bonds is 3. The number of carbonyl (C=O) groups excluding carboxylic acids is 1. The molecule has 7 nitrogen and oxygen atoms in total. The Morgan fingerprint density at radius 1 is 1.15 bits per heavy atom. The van der Waals surface area contributed by atoms with Crippen molar-refractivity contribution < 1.29 is 24.9 Å². The highest BCUT2D eigenvalue weighted by Crippen LogP contribution is 2.34. The molecule has 1 fully saturated rings. The first-order valence-corrected chi connectivity index (χ1v) is 8.28. The number of carboxylic acids is 1. The third-order valence-electron chi connectivity index (χ3n) is 3.63. The highest BCUT2D eigenvalue weighted by molar-refractivity contribution is 8.18. The van der Waals surface area contributed by atoms with Crippen molar-refractivity contribution in [3.63, 3.8) is 0 Å². The Hall–Kier alpha value is -3.26. The zero-order valence-corrected chi connectivity index (χ0v) is 14.4. The van der Waals surface area contributed by atoms with E-state index >= 15 is 0 Å². The van der Waals surface area contributed by atoms with E-state index < -0.39 is 11.7 Å². The van der Waals surface area contributed by atoms with E-state index in [0.717, 1.165) is 17.3 Å². The van der Waals surface area contributed by atoms with Crippen LogP contribution in [0, 0.1) is 0 Å². The van der Waals surface area contributed by atoms with Crippen molar-refractivity contribution in [2.24, 2.45) is 4.99 Å². The summed E-state index contributed by atoms with van der Waals surface area (Å²) in [6, 6.07) is 10.4. The minimum absolute atomic E-state index is 0.140. The molecule has 1 heterocycles. The van der Waals surface area contributed by atoms with Gasteiger partial charge in [-0.05, 0) is 47.7 Å². The number of hydrogen-bond donors (Lipinski definition) is 3. The lowest BCUT2D eigenvalue weighted by Crippen LogP contribution is -2.23. The monoisotopic (exact) mass is 370 g/mol. The quantitative estimate of drug-likeness (QED) is 0.716. The summed E-state index contributed by atoms with van der Waals surface area (Å²) in [6.45, 7) is 0. The van der Waals surface area contributed by atoms with Crippen LogP contribution >= 0.6 is 11.8 Å². The van der Waals surface area contributed by atoms with E-state index in [1.165, 1.54) is 35.2 Å². The van der Waals surface area contributed by atoms with Gasteiger partial charge in [0, 0.05) is 13.1 Å². The van der Waals surface area contributed by atoms with Crippen LogP contribution < -0.4 is 0 Å². The molecule has 1 amide bonds. The second-order valence-corrected chi connectivity index (χ2v) is 6.48. The normalized spacial score (nSPS) is 17.3. The van der Waals surface area contributed by atoms with Gasteiger partial charge in [0.1, 0.15) is 17.1 Å². The molecule has 1 saturated heterocycles. The number of aliphatic imine (C=N–C) groups is 1. The molecule has 26 heavy (non-hydrogen) atoms. The molecule has 0 aromatic heterocycles. The molecule has 0 saturated carbocycles. The third-order valence-corrected chi connectivity index (χ3v) is 4.69. The van der Waals surface area contributed by atoms with Crippen LogP contribution in [0.3, 0.4) is 0 Å². The number of phenols is 2. The fourth-order valence-corrected chi connectivity index (χ4v) is 3.24. The lowest BCUT2D eigenvalue weighted by atomic mass is 10.2. The maximum Gasteiger partial charge on any atom is 0.339 e. The molecule has 8 heteroatoms. The Morgan fingerprint density at radius 3 is 2.46 bits per heavy atom. The number of thioether (sulfide) groups is 1. The number of aromatic hydroxyl groups is 2. The first kappa shape index (κ1) is 17.6. The summed E-state index contributed by atoms with van der Waals surface area (Å²) in [7, 11) is 1.58. The number of benzene rings is 2. The van der Waals surface area contributed by atoms with Crippen molar-refractivity contribution in [1.29, 1.82) is 0 Å². The predicted molar refractivity (Wildman–Crippen MR) is 98.6 cm³/mol. The molecule has 3 rings (SSSR count). The lowest BCUT2D eigenvalue weighted by molar-refractivity contribution is -0.121. The van der Waals surface area contributed by atoms with Crippen molar-refractivity contribution in [1.82, 2.24) is 4.90 Å². The van der Waals surface area contributed by atoms with Gasteiger partial charge in [0.25, 0.3) is 5.91 Å². The standard InChI is InChI=1S/C18H14N2O5S/c1-20-16(23)15(8-10-2-5-12(21)6-3-10)26-18(20)19-11-4-7-13(17(24)25)14(22)9-11/h2-9,21-22H,1H3,(H,24,25)/b15-8-,19-18?. The predicted octanol–water partition coefficient (Wildman–Crippen LogP) is 3.03. The topological polar surface area (TPSA) is 110 Å². The van der Waals surface area contributed by atoms with Crippen molar-refractivity contribution >= 4 is 40.6 Å². The van der Waals surface area contributed by atoms with Gasteiger partial charge in [-0.1, -0.05) is 12.1 Å². The van der Waals surface area contributed by atoms with Crippen LogP contribution in [0.1, 0.15) is 15.9 Å². The number of amides is 1. The van der Waals surface area contributed by atoms with Crippen molar-refractivity contribution in [2.45, 2.75) is 0 Å². The Kier molecular flexibility index (Phi) is 4.68. The minimum atomic E-state index is -1.23. The van der Waals surface area contributed by atoms with E-state index in [0.29, 0.717) is 15.8 Å². The van der Waals surface area contributed by atoms with Crippen LogP contribution in [0.15, 0.2) is 52.4 Å². The van der Waals surface area contributed by atoms with E-state index in [2.05, 4.69) is 4.99 Å². The Bertz CT molecular complexity index is 951. The highest BCUT2D eigenvalue weighted by atomic mass is 32.2. The average Bonchev–Trinajstić information content (AvgIpc) is 2.85. The summed E-state index contributed by atoms with van der Waals surface area (Å²) in [6.07, 6.45) is 1.69. The van der Waals surface area contributed by atoms with Crippen LogP contribution in [0.2, 0.25) is 0 Å². The summed E-state index contributed by atoms with van der Waals surface area (Å²) < 4.78 is 0. The zero-order chi connectivity index (χ0) is 18.8. The third kappa shape index (κ3) is 3.55. The fraction of sp³-hybridized carbons (Fsp3) is 0.0556. The van der Waals surface area contributed by atoms with Gasteiger partial charge in [0.15, 0.2) is 5.17 Å². The summed E-state index contributed by atoms with van der Waals surface area (Å²) >= 11 is 1.16. The van der Waals surface area contributed by atoms with Crippen molar-refractivity contribution in [3.05, 3.63) is 58.5 Å². The van der Waals surface area contributed by atoms with E-state index in [-0.39, 0.29) is 17.2 Å². The van der Waals surface area contributed by atoms with Crippen LogP contribution in [0.5, 0.6) is 11.5 Å². The van der Waals surface area contributed by atoms with E-state index in [1.807, 2.05) is 0 Å². The number of carbonyl (C=O) groups is 2. The maximum atomic E-state index is 12.4. The summed E-state index contributed by atoms with van der Waals surface area (Å²) in [5.74, 6) is -1.71. The molecule has 2 aromatic carbocycles. The number of amidine groups is 1. The molecule has 0 unspecified atom stereocenters. The molecular weight excluding hydrogens is 356 g/mol. The first-order valence-electron chi connectivity index (χ1n) is 7.47. The van der Waals surface area contributed by atoms with Crippen LogP contribution in [0.25, 0.3) is 6.08 Å².